The average Bonchev–Trinajstić information content (AvgIpc) is 2.86. The monoisotopic (exact) mass is 361 g/mol. The number of hydrogen-bond acceptors (Lipinski definition) is 5. The van der Waals surface area contributed by atoms with Crippen LogP contribution in [0.4, 0.5) is 4.79 Å². The Morgan fingerprint density at radius 3 is 2.42 bits per heavy atom. The largest absolute Gasteiger partial charge is 0.479 e. The van der Waals surface area contributed by atoms with Crippen molar-refractivity contribution < 1.29 is 29.0 Å². The topological polar surface area (TPSA) is 125 Å². The first-order valence-electron chi connectivity index (χ1n) is 8.12. The second-order valence-electron chi connectivity index (χ2n) is 6.59. The lowest BCUT2D eigenvalue weighted by atomic mass is 9.91. The molecule has 2 unspecified atom stereocenters. The molecule has 3 N–H and O–H groups in total. The summed E-state index contributed by atoms with van der Waals surface area (Å²) in [6.45, 7) is 3.54. The quantitative estimate of drug-likeness (QED) is 0.654. The number of carbonyl (C=O) groups excluding carboxylic acids is 3. The van der Waals surface area contributed by atoms with Crippen LogP contribution in [0.15, 0.2) is 24.3 Å². The van der Waals surface area contributed by atoms with Crippen molar-refractivity contribution in [3.63, 3.8) is 0 Å². The van der Waals surface area contributed by atoms with Gasteiger partial charge in [0.2, 0.25) is 0 Å². The summed E-state index contributed by atoms with van der Waals surface area (Å²) in [4.78, 5) is 48.6. The van der Waals surface area contributed by atoms with Crippen LogP contribution in [0.3, 0.4) is 0 Å². The van der Waals surface area contributed by atoms with Gasteiger partial charge in [0, 0.05) is 12.1 Å². The fraction of sp³-hybridized carbons (Fsp3) is 0.412. The molecule has 1 aromatic carbocycles. The highest BCUT2D eigenvalue weighted by atomic mass is 16.5. The van der Waals surface area contributed by atoms with Crippen molar-refractivity contribution in [1.82, 2.24) is 15.5 Å². The first-order valence-corrected chi connectivity index (χ1v) is 8.12. The van der Waals surface area contributed by atoms with Gasteiger partial charge in [-0.1, -0.05) is 12.1 Å². The van der Waals surface area contributed by atoms with Crippen molar-refractivity contribution in [2.24, 2.45) is 0 Å². The van der Waals surface area contributed by atoms with Gasteiger partial charge in [0.25, 0.3) is 11.8 Å². The zero-order valence-corrected chi connectivity index (χ0v) is 14.3. The van der Waals surface area contributed by atoms with Gasteiger partial charge < -0.3 is 20.1 Å². The number of carboxylic acids is 1. The second kappa shape index (κ2) is 6.41. The van der Waals surface area contributed by atoms with Crippen molar-refractivity contribution in [2.45, 2.75) is 31.6 Å². The van der Waals surface area contributed by atoms with E-state index in [1.807, 2.05) is 0 Å². The molecule has 2 heterocycles. The number of urea groups is 1. The number of morpholine rings is 1. The summed E-state index contributed by atoms with van der Waals surface area (Å²) in [6.07, 6.45) is -1.44. The van der Waals surface area contributed by atoms with E-state index in [4.69, 9.17) is 9.84 Å². The molecule has 3 atom stereocenters. The zero-order valence-electron chi connectivity index (χ0n) is 14.3. The van der Waals surface area contributed by atoms with Crippen LogP contribution in [-0.4, -0.2) is 59.1 Å². The van der Waals surface area contributed by atoms with Gasteiger partial charge in [0.1, 0.15) is 5.54 Å². The van der Waals surface area contributed by atoms with Gasteiger partial charge in [-0.2, -0.15) is 0 Å². The first-order chi connectivity index (χ1) is 12.2. The zero-order chi connectivity index (χ0) is 19.1. The number of carbonyl (C=O) groups is 4. The van der Waals surface area contributed by atoms with Gasteiger partial charge in [-0.15, -0.1) is 0 Å². The Labute approximate surface area is 149 Å². The number of amides is 4. The van der Waals surface area contributed by atoms with Gasteiger partial charge in [0.05, 0.1) is 12.6 Å². The maximum Gasteiger partial charge on any atom is 0.334 e. The minimum absolute atomic E-state index is 0.0313. The van der Waals surface area contributed by atoms with Crippen molar-refractivity contribution in [3.05, 3.63) is 35.4 Å². The summed E-state index contributed by atoms with van der Waals surface area (Å²) >= 11 is 0. The standard InChI is InChI=1S/C17H19N3O6/c1-9-7-20(8-12(26-9)14(22)23)13(21)10-3-5-11(6-4-10)17(2)15(24)18-16(25)19-17/h3-6,9,12H,7-8H2,1-2H3,(H,22,23)(H2,18,19,24,25)/t9-,12?,17?/m1/s1. The van der Waals surface area contributed by atoms with E-state index in [0.29, 0.717) is 17.7 Å². The van der Waals surface area contributed by atoms with Crippen LogP contribution < -0.4 is 10.6 Å². The van der Waals surface area contributed by atoms with E-state index in [1.54, 1.807) is 38.1 Å². The molecule has 26 heavy (non-hydrogen) atoms. The van der Waals surface area contributed by atoms with Crippen LogP contribution in [0.2, 0.25) is 0 Å². The number of carboxylic acid groups (broad SMARTS) is 1. The number of ether oxygens (including phenoxy) is 1. The summed E-state index contributed by atoms with van der Waals surface area (Å²) in [7, 11) is 0. The Hall–Kier alpha value is -2.94. The molecule has 0 bridgehead atoms. The fourth-order valence-electron chi connectivity index (χ4n) is 3.13. The maximum absolute atomic E-state index is 12.7. The number of nitrogens with zero attached hydrogens (tertiary/aromatic N) is 1. The lowest BCUT2D eigenvalue weighted by Crippen LogP contribution is -2.51. The first kappa shape index (κ1) is 17.9. The summed E-state index contributed by atoms with van der Waals surface area (Å²) in [5, 5.41) is 13.9. The molecule has 0 saturated carbocycles. The smallest absolute Gasteiger partial charge is 0.334 e. The molecule has 2 fully saturated rings. The predicted octanol–water partition coefficient (Wildman–Crippen LogP) is 0.0553. The molecule has 9 heteroatoms. The Balaban J connectivity index is 1.78. The molecule has 4 amide bonds. The van der Waals surface area contributed by atoms with Crippen molar-refractivity contribution in [1.29, 1.82) is 0 Å². The molecule has 2 saturated heterocycles. The third-order valence-electron chi connectivity index (χ3n) is 4.58. The van der Waals surface area contributed by atoms with E-state index >= 15 is 0 Å². The normalized spacial score (nSPS) is 28.5. The number of rotatable bonds is 3. The molecule has 9 nitrogen and oxygen atoms in total. The molecular weight excluding hydrogens is 342 g/mol. The molecule has 2 aliphatic heterocycles. The van der Waals surface area contributed by atoms with Crippen LogP contribution >= 0.6 is 0 Å². The van der Waals surface area contributed by atoms with Crippen LogP contribution in [-0.2, 0) is 19.9 Å². The molecular formula is C17H19N3O6. The van der Waals surface area contributed by atoms with E-state index < -0.39 is 29.6 Å². The highest BCUT2D eigenvalue weighted by Crippen LogP contribution is 2.25. The van der Waals surface area contributed by atoms with E-state index in [1.165, 1.54) is 4.90 Å². The van der Waals surface area contributed by atoms with Crippen LogP contribution in [0, 0.1) is 0 Å². The molecule has 0 radical (unpaired) electrons. The van der Waals surface area contributed by atoms with Gasteiger partial charge in [-0.05, 0) is 31.5 Å². The molecule has 0 spiro atoms. The summed E-state index contributed by atoms with van der Waals surface area (Å²) in [5.74, 6) is -1.89. The van der Waals surface area contributed by atoms with Crippen molar-refractivity contribution in [3.8, 4) is 0 Å². The third kappa shape index (κ3) is 3.13. The number of hydrogen-bond donors (Lipinski definition) is 3. The predicted molar refractivity (Wildman–Crippen MR) is 88.3 cm³/mol. The highest BCUT2D eigenvalue weighted by molar-refractivity contribution is 6.07. The third-order valence-corrected chi connectivity index (χ3v) is 4.58. The minimum Gasteiger partial charge on any atom is -0.479 e. The van der Waals surface area contributed by atoms with Crippen LogP contribution in [0.5, 0.6) is 0 Å². The van der Waals surface area contributed by atoms with Crippen LogP contribution in [0.1, 0.15) is 29.8 Å². The van der Waals surface area contributed by atoms with Gasteiger partial charge in [-0.3, -0.25) is 14.9 Å². The summed E-state index contributed by atoms with van der Waals surface area (Å²) < 4.78 is 5.31. The number of benzene rings is 1. The Kier molecular flexibility index (Phi) is 4.41. The maximum atomic E-state index is 12.7. The molecule has 0 aliphatic carbocycles. The van der Waals surface area contributed by atoms with Crippen LogP contribution in [0.25, 0.3) is 0 Å². The molecule has 138 valence electrons. The minimum atomic E-state index is -1.19. The van der Waals surface area contributed by atoms with Gasteiger partial charge in [0.15, 0.2) is 6.10 Å². The van der Waals surface area contributed by atoms with E-state index in [9.17, 15) is 19.2 Å². The highest BCUT2D eigenvalue weighted by Gasteiger charge is 2.43. The van der Waals surface area contributed by atoms with E-state index in [-0.39, 0.29) is 18.6 Å². The second-order valence-corrected chi connectivity index (χ2v) is 6.59. The van der Waals surface area contributed by atoms with Gasteiger partial charge >= 0.3 is 12.0 Å². The average molecular weight is 361 g/mol. The molecule has 3 rings (SSSR count). The Morgan fingerprint density at radius 1 is 1.23 bits per heavy atom. The molecule has 2 aliphatic rings. The van der Waals surface area contributed by atoms with Crippen molar-refractivity contribution >= 4 is 23.8 Å². The molecule has 0 aromatic heterocycles. The Bertz CT molecular complexity index is 777. The van der Waals surface area contributed by atoms with E-state index in [2.05, 4.69) is 10.6 Å². The van der Waals surface area contributed by atoms with E-state index in [0.717, 1.165) is 0 Å². The number of aliphatic carboxylic acids is 1. The molecule has 1 aromatic rings. The van der Waals surface area contributed by atoms with Gasteiger partial charge in [-0.25, -0.2) is 9.59 Å². The summed E-state index contributed by atoms with van der Waals surface area (Å²) in [5.41, 5.74) is -0.294. The number of imide groups is 1. The number of nitrogens with one attached hydrogen (secondary N) is 2. The fourth-order valence-corrected chi connectivity index (χ4v) is 3.13. The summed E-state index contributed by atoms with van der Waals surface area (Å²) in [6, 6.07) is 5.72. The SMILES string of the molecule is C[C@@H]1CN(C(=O)c2ccc(C3(C)NC(=O)NC3=O)cc2)CC(C(=O)O)O1. The lowest BCUT2D eigenvalue weighted by molar-refractivity contribution is -0.160. The Morgan fingerprint density at radius 2 is 1.88 bits per heavy atom. The van der Waals surface area contributed by atoms with Crippen molar-refractivity contribution in [2.75, 3.05) is 13.1 Å². The lowest BCUT2D eigenvalue weighted by Gasteiger charge is -2.35.